The Hall–Kier alpha value is -3.67. The van der Waals surface area contributed by atoms with Crippen LogP contribution in [-0.4, -0.2) is 10.9 Å². The first kappa shape index (κ1) is 19.3. The van der Waals surface area contributed by atoms with E-state index in [0.29, 0.717) is 11.3 Å². The van der Waals surface area contributed by atoms with E-state index in [1.54, 1.807) is 36.7 Å². The fraction of sp³-hybridized carbons (Fsp3) is 0.200. The summed E-state index contributed by atoms with van der Waals surface area (Å²) in [5.74, 6) is -0.0644. The highest BCUT2D eigenvalue weighted by Crippen LogP contribution is 2.30. The number of furan rings is 1. The van der Waals surface area contributed by atoms with Crippen LogP contribution in [0.15, 0.2) is 65.5 Å². The predicted molar refractivity (Wildman–Crippen MR) is 115 cm³/mol. The van der Waals surface area contributed by atoms with Crippen LogP contribution < -0.4 is 10.1 Å². The van der Waals surface area contributed by atoms with Crippen molar-refractivity contribution in [2.45, 2.75) is 32.2 Å². The number of carbonyl (C=O) groups excluding carboxylic acids is 1. The van der Waals surface area contributed by atoms with Crippen molar-refractivity contribution in [3.63, 3.8) is 0 Å². The summed E-state index contributed by atoms with van der Waals surface area (Å²) in [7, 11) is 0. The Morgan fingerprint density at radius 3 is 2.84 bits per heavy atom. The maximum atomic E-state index is 14.4. The van der Waals surface area contributed by atoms with E-state index in [2.05, 4.69) is 22.4 Å². The van der Waals surface area contributed by atoms with E-state index in [1.165, 1.54) is 29.8 Å². The van der Waals surface area contributed by atoms with Crippen LogP contribution in [0.25, 0.3) is 11.0 Å². The van der Waals surface area contributed by atoms with Crippen molar-refractivity contribution in [2.24, 2.45) is 0 Å². The van der Waals surface area contributed by atoms with Gasteiger partial charge in [0, 0.05) is 23.7 Å². The quantitative estimate of drug-likeness (QED) is 0.475. The Bertz CT molecular complexity index is 1250. The highest BCUT2D eigenvalue weighted by molar-refractivity contribution is 5.88. The molecule has 0 bridgehead atoms. The number of rotatable bonds is 6. The molecule has 5 rings (SSSR count). The zero-order chi connectivity index (χ0) is 21.2. The van der Waals surface area contributed by atoms with E-state index in [4.69, 9.17) is 9.15 Å². The lowest BCUT2D eigenvalue weighted by Crippen LogP contribution is -2.24. The average Bonchev–Trinajstić information content (AvgIpc) is 3.39. The van der Waals surface area contributed by atoms with Crippen molar-refractivity contribution in [3.05, 3.63) is 89.2 Å². The summed E-state index contributed by atoms with van der Waals surface area (Å²) in [5, 5.41) is 3.85. The van der Waals surface area contributed by atoms with Crippen molar-refractivity contribution in [1.29, 1.82) is 0 Å². The molecule has 0 saturated heterocycles. The number of carbonyl (C=O) groups is 1. The van der Waals surface area contributed by atoms with Crippen LogP contribution in [0, 0.1) is 5.82 Å². The molecule has 0 spiro atoms. The van der Waals surface area contributed by atoms with E-state index in [0.717, 1.165) is 29.4 Å². The van der Waals surface area contributed by atoms with Gasteiger partial charge in [0.05, 0.1) is 18.9 Å². The van der Waals surface area contributed by atoms with E-state index >= 15 is 0 Å². The molecule has 0 unspecified atom stereocenters. The summed E-state index contributed by atoms with van der Waals surface area (Å²) in [4.78, 5) is 16.4. The minimum Gasteiger partial charge on any atom is -0.464 e. The second-order valence-electron chi connectivity index (χ2n) is 7.74. The van der Waals surface area contributed by atoms with Crippen LogP contribution in [0.5, 0.6) is 11.5 Å². The zero-order valence-electron chi connectivity index (χ0n) is 16.9. The van der Waals surface area contributed by atoms with Gasteiger partial charge in [-0.2, -0.15) is 0 Å². The molecular weight excluding hydrogens is 395 g/mol. The third kappa shape index (κ3) is 4.14. The molecule has 6 heteroatoms. The highest BCUT2D eigenvalue weighted by atomic mass is 19.1. The molecule has 2 heterocycles. The lowest BCUT2D eigenvalue weighted by molar-refractivity contribution is -0.120. The fourth-order valence-corrected chi connectivity index (χ4v) is 3.99. The molecule has 156 valence electrons. The Labute approximate surface area is 178 Å². The van der Waals surface area contributed by atoms with Crippen molar-refractivity contribution in [2.75, 3.05) is 0 Å². The highest BCUT2D eigenvalue weighted by Gasteiger charge is 2.17. The number of aryl methyl sites for hydroxylation is 2. The Balaban J connectivity index is 1.22. The average molecular weight is 416 g/mol. The van der Waals surface area contributed by atoms with Crippen LogP contribution in [0.4, 0.5) is 4.39 Å². The summed E-state index contributed by atoms with van der Waals surface area (Å²) in [6.07, 6.45) is 8.34. The van der Waals surface area contributed by atoms with Crippen LogP contribution in [0.3, 0.4) is 0 Å². The van der Waals surface area contributed by atoms with Gasteiger partial charge in [-0.1, -0.05) is 6.07 Å². The van der Waals surface area contributed by atoms with Crippen LogP contribution >= 0.6 is 0 Å². The normalized spacial score (nSPS) is 12.7. The van der Waals surface area contributed by atoms with Gasteiger partial charge in [0.2, 0.25) is 5.91 Å². The van der Waals surface area contributed by atoms with Gasteiger partial charge in [0.1, 0.15) is 11.3 Å². The molecule has 0 fully saturated rings. The Morgan fingerprint density at radius 2 is 2.03 bits per heavy atom. The van der Waals surface area contributed by atoms with Crippen molar-refractivity contribution in [1.82, 2.24) is 10.3 Å². The van der Waals surface area contributed by atoms with Gasteiger partial charge in [0.25, 0.3) is 0 Å². The van der Waals surface area contributed by atoms with E-state index in [1.807, 2.05) is 0 Å². The first-order valence-corrected chi connectivity index (χ1v) is 10.3. The Morgan fingerprint density at radius 1 is 1.16 bits per heavy atom. The third-order valence-electron chi connectivity index (χ3n) is 5.57. The van der Waals surface area contributed by atoms with Gasteiger partial charge in [-0.3, -0.25) is 9.78 Å². The number of nitrogens with one attached hydrogen (secondary N) is 1. The van der Waals surface area contributed by atoms with Crippen LogP contribution in [0.2, 0.25) is 0 Å². The topological polar surface area (TPSA) is 64.4 Å². The summed E-state index contributed by atoms with van der Waals surface area (Å²) in [6.45, 7) is 0.230. The van der Waals surface area contributed by atoms with Gasteiger partial charge < -0.3 is 14.5 Å². The van der Waals surface area contributed by atoms with Gasteiger partial charge in [-0.05, 0) is 72.4 Å². The molecule has 1 N–H and O–H groups in total. The molecule has 1 aliphatic rings. The Kier molecular flexibility index (Phi) is 5.12. The number of nitrogens with zero attached hydrogens (tertiary/aromatic N) is 1. The molecule has 0 radical (unpaired) electrons. The first-order valence-electron chi connectivity index (χ1n) is 10.3. The minimum absolute atomic E-state index is 0.112. The number of fused-ring (bicyclic) bond motifs is 2. The second kappa shape index (κ2) is 8.22. The summed E-state index contributed by atoms with van der Waals surface area (Å²) < 4.78 is 25.5. The van der Waals surface area contributed by atoms with Gasteiger partial charge in [-0.15, -0.1) is 0 Å². The first-order chi connectivity index (χ1) is 15.2. The van der Waals surface area contributed by atoms with E-state index in [-0.39, 0.29) is 24.6 Å². The standard InChI is InChI=1S/C25H21FN2O3/c26-22-9-16(6-7-23(22)31-20-5-2-8-27-14-20)13-28-25(29)12-19-15-30-24-11-18-4-1-3-17(18)10-21(19)24/h2,5-11,14-15H,1,3-4,12-13H2,(H,28,29). The van der Waals surface area contributed by atoms with Crippen LogP contribution in [0.1, 0.15) is 28.7 Å². The molecule has 2 aromatic heterocycles. The number of aromatic nitrogens is 1. The number of amides is 1. The molecule has 31 heavy (non-hydrogen) atoms. The monoisotopic (exact) mass is 416 g/mol. The lowest BCUT2D eigenvalue weighted by atomic mass is 10.0. The number of pyridine rings is 1. The van der Waals surface area contributed by atoms with Crippen molar-refractivity contribution in [3.8, 4) is 11.5 Å². The van der Waals surface area contributed by atoms with Gasteiger partial charge in [0.15, 0.2) is 11.6 Å². The van der Waals surface area contributed by atoms with Gasteiger partial charge >= 0.3 is 0 Å². The smallest absolute Gasteiger partial charge is 0.224 e. The van der Waals surface area contributed by atoms with Crippen LogP contribution in [-0.2, 0) is 30.6 Å². The number of benzene rings is 2. The summed E-state index contributed by atoms with van der Waals surface area (Å²) in [5.41, 5.74) is 5.04. The van der Waals surface area contributed by atoms with Gasteiger partial charge in [-0.25, -0.2) is 4.39 Å². The second-order valence-corrected chi connectivity index (χ2v) is 7.74. The predicted octanol–water partition coefficient (Wildman–Crippen LogP) is 5.11. The van der Waals surface area contributed by atoms with Crippen molar-refractivity contribution >= 4 is 16.9 Å². The number of halogens is 1. The van der Waals surface area contributed by atoms with E-state index < -0.39 is 5.82 Å². The molecule has 4 aromatic rings. The third-order valence-corrected chi connectivity index (χ3v) is 5.57. The molecule has 0 saturated carbocycles. The molecule has 0 atom stereocenters. The SMILES string of the molecule is O=C(Cc1coc2cc3c(cc12)CCC3)NCc1ccc(Oc2cccnc2)c(F)c1. The van der Waals surface area contributed by atoms with E-state index in [9.17, 15) is 9.18 Å². The molecule has 2 aromatic carbocycles. The minimum atomic E-state index is -0.495. The number of ether oxygens (including phenoxy) is 1. The number of hydrogen-bond acceptors (Lipinski definition) is 4. The number of hydrogen-bond donors (Lipinski definition) is 1. The fourth-order valence-electron chi connectivity index (χ4n) is 3.99. The maximum absolute atomic E-state index is 14.4. The maximum Gasteiger partial charge on any atom is 0.224 e. The molecule has 1 aliphatic carbocycles. The molecular formula is C25H21FN2O3. The summed E-state index contributed by atoms with van der Waals surface area (Å²) >= 11 is 0. The molecule has 0 aliphatic heterocycles. The lowest BCUT2D eigenvalue weighted by Gasteiger charge is -2.09. The summed E-state index contributed by atoms with van der Waals surface area (Å²) in [6, 6.07) is 12.3. The largest absolute Gasteiger partial charge is 0.464 e. The van der Waals surface area contributed by atoms with Crippen molar-refractivity contribution < 1.29 is 18.3 Å². The molecule has 1 amide bonds. The zero-order valence-corrected chi connectivity index (χ0v) is 16.9. The molecule has 5 nitrogen and oxygen atoms in total.